The summed E-state index contributed by atoms with van der Waals surface area (Å²) in [5, 5.41) is 0. The fraction of sp³-hybridized carbons (Fsp3) is 0.385. The number of rotatable bonds is 4. The van der Waals surface area contributed by atoms with Crippen molar-refractivity contribution in [3.8, 4) is 0 Å². The molecule has 6 nitrogen and oxygen atoms in total. The summed E-state index contributed by atoms with van der Waals surface area (Å²) in [6.07, 6.45) is -0.0922. The molecule has 0 saturated carbocycles. The molecule has 1 unspecified atom stereocenters. The van der Waals surface area contributed by atoms with Gasteiger partial charge in [-0.05, 0) is 28.1 Å². The average molecular weight is 394 g/mol. The second-order valence-electron chi connectivity index (χ2n) is 4.91. The zero-order valence-electron chi connectivity index (χ0n) is 11.6. The molecule has 0 bridgehead atoms. The summed E-state index contributed by atoms with van der Waals surface area (Å²) in [5.41, 5.74) is 0.479. The number of carbonyl (C=O) groups excluding carboxylic acids is 2. The first-order valence-electron chi connectivity index (χ1n) is 6.32. The van der Waals surface area contributed by atoms with Crippen molar-refractivity contribution < 1.29 is 26.6 Å². The molecule has 22 heavy (non-hydrogen) atoms. The number of methoxy groups -OCH3 is 1. The van der Waals surface area contributed by atoms with Gasteiger partial charge in [0.15, 0.2) is 0 Å². The van der Waals surface area contributed by atoms with Crippen LogP contribution in [0.5, 0.6) is 0 Å². The Morgan fingerprint density at radius 2 is 2.18 bits per heavy atom. The van der Waals surface area contributed by atoms with Crippen LogP contribution in [0.2, 0.25) is 0 Å². The van der Waals surface area contributed by atoms with Gasteiger partial charge in [0, 0.05) is 23.4 Å². The monoisotopic (exact) mass is 393 g/mol. The summed E-state index contributed by atoms with van der Waals surface area (Å²) in [6, 6.07) is 4.76. The van der Waals surface area contributed by atoms with E-state index in [0.717, 1.165) is 0 Å². The van der Waals surface area contributed by atoms with Crippen LogP contribution >= 0.6 is 15.9 Å². The Morgan fingerprint density at radius 1 is 1.50 bits per heavy atom. The predicted molar refractivity (Wildman–Crippen MR) is 80.8 cm³/mol. The Bertz CT molecular complexity index is 721. The second kappa shape index (κ2) is 6.33. The fourth-order valence-corrected chi connectivity index (χ4v) is 3.82. The number of esters is 1. The van der Waals surface area contributed by atoms with Gasteiger partial charge in [0.2, 0.25) is 5.91 Å². The summed E-state index contributed by atoms with van der Waals surface area (Å²) < 4.78 is 39.5. The SMILES string of the molecule is COC(=O)c1cccc(Br)c1N1CC(CS(=O)(=O)F)CC1=O. The Hall–Kier alpha value is -1.48. The van der Waals surface area contributed by atoms with Gasteiger partial charge >= 0.3 is 16.2 Å². The van der Waals surface area contributed by atoms with E-state index in [4.69, 9.17) is 0 Å². The van der Waals surface area contributed by atoms with Gasteiger partial charge in [0.1, 0.15) is 0 Å². The largest absolute Gasteiger partial charge is 0.465 e. The molecule has 9 heteroatoms. The van der Waals surface area contributed by atoms with Crippen LogP contribution in [-0.4, -0.2) is 39.7 Å². The quantitative estimate of drug-likeness (QED) is 0.576. The number of para-hydroxylation sites is 1. The topological polar surface area (TPSA) is 80.8 Å². The smallest absolute Gasteiger partial charge is 0.340 e. The molecule has 0 N–H and O–H groups in total. The van der Waals surface area contributed by atoms with E-state index in [1.807, 2.05) is 0 Å². The zero-order chi connectivity index (χ0) is 16.5. The molecule has 1 atom stereocenters. The summed E-state index contributed by atoms with van der Waals surface area (Å²) in [4.78, 5) is 25.2. The molecule has 1 heterocycles. The van der Waals surface area contributed by atoms with Crippen LogP contribution in [0.3, 0.4) is 0 Å². The van der Waals surface area contributed by atoms with E-state index in [2.05, 4.69) is 20.7 Å². The van der Waals surface area contributed by atoms with Crippen molar-refractivity contribution in [2.75, 3.05) is 24.3 Å². The van der Waals surface area contributed by atoms with Crippen molar-refractivity contribution in [3.63, 3.8) is 0 Å². The lowest BCUT2D eigenvalue weighted by Crippen LogP contribution is -2.28. The molecule has 1 fully saturated rings. The molecule has 1 aliphatic rings. The van der Waals surface area contributed by atoms with Gasteiger partial charge < -0.3 is 9.64 Å². The van der Waals surface area contributed by atoms with Crippen LogP contribution in [0.15, 0.2) is 22.7 Å². The molecule has 0 radical (unpaired) electrons. The third kappa shape index (κ3) is 3.64. The first-order chi connectivity index (χ1) is 10.2. The molecule has 0 aliphatic carbocycles. The second-order valence-corrected chi connectivity index (χ2v) is 7.17. The van der Waals surface area contributed by atoms with Gasteiger partial charge in [-0.3, -0.25) is 4.79 Å². The Kier molecular flexibility index (Phi) is 4.86. The van der Waals surface area contributed by atoms with E-state index in [-0.39, 0.29) is 24.4 Å². The number of ether oxygens (including phenoxy) is 1. The van der Waals surface area contributed by atoms with Crippen LogP contribution < -0.4 is 4.90 Å². The van der Waals surface area contributed by atoms with Crippen LogP contribution in [0.1, 0.15) is 16.8 Å². The molecule has 0 aromatic heterocycles. The van der Waals surface area contributed by atoms with Crippen molar-refractivity contribution in [2.24, 2.45) is 5.92 Å². The molecule has 2 rings (SSSR count). The number of amides is 1. The molecule has 1 aromatic carbocycles. The molecule has 1 saturated heterocycles. The molecule has 1 aliphatic heterocycles. The maximum absolute atomic E-state index is 12.8. The lowest BCUT2D eigenvalue weighted by atomic mass is 10.1. The lowest BCUT2D eigenvalue weighted by molar-refractivity contribution is -0.117. The number of anilines is 1. The van der Waals surface area contributed by atoms with Gasteiger partial charge in [-0.25, -0.2) is 4.79 Å². The van der Waals surface area contributed by atoms with Gasteiger partial charge in [0.25, 0.3) is 0 Å². The maximum atomic E-state index is 12.8. The average Bonchev–Trinajstić information content (AvgIpc) is 2.75. The van der Waals surface area contributed by atoms with Crippen molar-refractivity contribution in [1.29, 1.82) is 0 Å². The standard InChI is InChI=1S/C13H13BrFNO5S/c1-21-13(18)9-3-2-4-10(14)12(9)16-6-8(5-11(16)17)7-22(15,19)20/h2-4,8H,5-7H2,1H3. The Balaban J connectivity index is 2.36. The fourth-order valence-electron chi connectivity index (χ4n) is 2.46. The van der Waals surface area contributed by atoms with Crippen LogP contribution in [-0.2, 0) is 19.8 Å². The van der Waals surface area contributed by atoms with Gasteiger partial charge in [0.05, 0.1) is 24.1 Å². The van der Waals surface area contributed by atoms with Gasteiger partial charge in [-0.15, -0.1) is 3.89 Å². The summed E-state index contributed by atoms with van der Waals surface area (Å²) in [5.74, 6) is -2.36. The summed E-state index contributed by atoms with van der Waals surface area (Å²) in [6.45, 7) is 0.0224. The third-order valence-electron chi connectivity index (χ3n) is 3.30. The molecular formula is C13H13BrFNO5S. The van der Waals surface area contributed by atoms with E-state index in [9.17, 15) is 21.9 Å². The number of halogens is 2. The zero-order valence-corrected chi connectivity index (χ0v) is 14.0. The molecule has 0 spiro atoms. The summed E-state index contributed by atoms with van der Waals surface area (Å²) in [7, 11) is -3.44. The summed E-state index contributed by atoms with van der Waals surface area (Å²) >= 11 is 3.27. The lowest BCUT2D eigenvalue weighted by Gasteiger charge is -2.21. The van der Waals surface area contributed by atoms with Gasteiger partial charge in [-0.1, -0.05) is 6.07 Å². The minimum Gasteiger partial charge on any atom is -0.465 e. The van der Waals surface area contributed by atoms with E-state index in [1.165, 1.54) is 18.1 Å². The number of nitrogens with zero attached hydrogens (tertiary/aromatic N) is 1. The van der Waals surface area contributed by atoms with E-state index >= 15 is 0 Å². The molecule has 1 amide bonds. The first kappa shape index (κ1) is 16.9. The third-order valence-corrected chi connectivity index (χ3v) is 4.81. The van der Waals surface area contributed by atoms with Crippen LogP contribution in [0.4, 0.5) is 9.57 Å². The number of hydrogen-bond acceptors (Lipinski definition) is 5. The highest BCUT2D eigenvalue weighted by molar-refractivity contribution is 9.10. The Morgan fingerprint density at radius 3 is 2.77 bits per heavy atom. The highest BCUT2D eigenvalue weighted by Gasteiger charge is 2.36. The van der Waals surface area contributed by atoms with Crippen molar-refractivity contribution >= 4 is 43.7 Å². The highest BCUT2D eigenvalue weighted by atomic mass is 79.9. The minimum atomic E-state index is -4.66. The normalized spacial score (nSPS) is 18.6. The van der Waals surface area contributed by atoms with E-state index < -0.39 is 27.9 Å². The number of hydrogen-bond donors (Lipinski definition) is 0. The molecule has 120 valence electrons. The molecular weight excluding hydrogens is 381 g/mol. The highest BCUT2D eigenvalue weighted by Crippen LogP contribution is 2.35. The van der Waals surface area contributed by atoms with Gasteiger partial charge in [-0.2, -0.15) is 8.42 Å². The Labute approximate surface area is 135 Å². The predicted octanol–water partition coefficient (Wildman–Crippen LogP) is 1.89. The first-order valence-corrected chi connectivity index (χ1v) is 8.67. The van der Waals surface area contributed by atoms with Crippen molar-refractivity contribution in [1.82, 2.24) is 0 Å². The maximum Gasteiger partial charge on any atom is 0.340 e. The van der Waals surface area contributed by atoms with Crippen LogP contribution in [0, 0.1) is 5.92 Å². The minimum absolute atomic E-state index is 0.0224. The van der Waals surface area contributed by atoms with Crippen molar-refractivity contribution in [3.05, 3.63) is 28.2 Å². The number of carbonyl (C=O) groups is 2. The van der Waals surface area contributed by atoms with E-state index in [1.54, 1.807) is 12.1 Å². The number of benzene rings is 1. The van der Waals surface area contributed by atoms with Crippen molar-refractivity contribution in [2.45, 2.75) is 6.42 Å². The molecule has 1 aromatic rings. The van der Waals surface area contributed by atoms with Crippen LogP contribution in [0.25, 0.3) is 0 Å². The van der Waals surface area contributed by atoms with E-state index in [0.29, 0.717) is 10.2 Å².